The van der Waals surface area contributed by atoms with Crippen molar-refractivity contribution in [3.63, 3.8) is 0 Å². The highest BCUT2D eigenvalue weighted by Gasteiger charge is 2.17. The highest BCUT2D eigenvalue weighted by atomic mass is 35.5. The number of aromatic nitrogens is 3. The van der Waals surface area contributed by atoms with E-state index in [0.717, 1.165) is 37.4 Å². The summed E-state index contributed by atoms with van der Waals surface area (Å²) in [5.41, 5.74) is 3.12. The molecule has 1 saturated heterocycles. The largest absolute Gasteiger partial charge is 0.376 e. The molecule has 0 saturated carbocycles. The number of carbonyl (C=O) groups excluding carboxylic acids is 1. The van der Waals surface area contributed by atoms with Crippen LogP contribution < -0.4 is 5.32 Å². The van der Waals surface area contributed by atoms with E-state index in [1.807, 2.05) is 24.3 Å². The molecule has 2 N–H and O–H groups in total. The summed E-state index contributed by atoms with van der Waals surface area (Å²) in [4.78, 5) is 15.0. The maximum atomic E-state index is 12.6. The Morgan fingerprint density at radius 3 is 2.84 bits per heavy atom. The lowest BCUT2D eigenvalue weighted by molar-refractivity contribution is -0.121. The highest BCUT2D eigenvalue weighted by molar-refractivity contribution is 7.71. The summed E-state index contributed by atoms with van der Waals surface area (Å²) < 4.78 is 7.70. The minimum absolute atomic E-state index is 0.0820. The summed E-state index contributed by atoms with van der Waals surface area (Å²) in [6.45, 7) is 6.15. The van der Waals surface area contributed by atoms with Crippen LogP contribution in [0.25, 0.3) is 11.4 Å². The van der Waals surface area contributed by atoms with E-state index >= 15 is 0 Å². The fourth-order valence-corrected chi connectivity index (χ4v) is 4.14. The fraction of sp³-hybridized carbons (Fsp3) is 0.348. The number of halogens is 1. The first-order valence-corrected chi connectivity index (χ1v) is 11.4. The van der Waals surface area contributed by atoms with Crippen LogP contribution in [0.2, 0.25) is 5.02 Å². The Hall–Kier alpha value is -2.52. The van der Waals surface area contributed by atoms with Gasteiger partial charge in [-0.1, -0.05) is 35.9 Å². The number of aromatic amines is 1. The van der Waals surface area contributed by atoms with Crippen molar-refractivity contribution in [2.24, 2.45) is 0 Å². The molecule has 1 unspecified atom stereocenters. The Balaban J connectivity index is 1.36. The summed E-state index contributed by atoms with van der Waals surface area (Å²) in [6.07, 6.45) is 0.263. The smallest absolute Gasteiger partial charge is 0.240 e. The number of rotatable bonds is 7. The van der Waals surface area contributed by atoms with E-state index in [1.165, 1.54) is 5.56 Å². The van der Waals surface area contributed by atoms with E-state index in [9.17, 15) is 4.79 Å². The zero-order valence-corrected chi connectivity index (χ0v) is 19.5. The topological polar surface area (TPSA) is 75.2 Å². The van der Waals surface area contributed by atoms with Crippen LogP contribution in [0.1, 0.15) is 18.1 Å². The third kappa shape index (κ3) is 5.83. The number of ether oxygens (including phenoxy) is 1. The molecule has 2 aromatic carbocycles. The fourth-order valence-electron chi connectivity index (χ4n) is 3.81. The van der Waals surface area contributed by atoms with Gasteiger partial charge in [-0.15, -0.1) is 0 Å². The van der Waals surface area contributed by atoms with Crippen LogP contribution >= 0.6 is 23.8 Å². The number of carbonyl (C=O) groups is 1. The number of hydrogen-bond donors (Lipinski definition) is 2. The van der Waals surface area contributed by atoms with Crippen LogP contribution in [0.3, 0.4) is 0 Å². The molecule has 1 fully saturated rings. The number of H-pyrrole nitrogens is 1. The lowest BCUT2D eigenvalue weighted by Gasteiger charge is -2.31. The normalized spacial score (nSPS) is 16.8. The van der Waals surface area contributed by atoms with Crippen molar-refractivity contribution in [2.45, 2.75) is 32.7 Å². The van der Waals surface area contributed by atoms with Crippen molar-refractivity contribution in [2.75, 3.05) is 19.7 Å². The highest BCUT2D eigenvalue weighted by Crippen LogP contribution is 2.20. The zero-order chi connectivity index (χ0) is 22.5. The minimum atomic E-state index is -0.134. The van der Waals surface area contributed by atoms with Crippen LogP contribution in [-0.2, 0) is 29.2 Å². The van der Waals surface area contributed by atoms with Gasteiger partial charge < -0.3 is 10.1 Å². The summed E-state index contributed by atoms with van der Waals surface area (Å²) in [5, 5.41) is 10.7. The second-order valence-electron chi connectivity index (χ2n) is 7.96. The molecule has 1 aliphatic heterocycles. The van der Waals surface area contributed by atoms with Gasteiger partial charge in [-0.05, 0) is 54.5 Å². The molecule has 0 bridgehead atoms. The summed E-state index contributed by atoms with van der Waals surface area (Å²) >= 11 is 11.3. The van der Waals surface area contributed by atoms with E-state index in [4.69, 9.17) is 28.6 Å². The summed E-state index contributed by atoms with van der Waals surface area (Å²) in [7, 11) is 0. The van der Waals surface area contributed by atoms with Crippen molar-refractivity contribution in [3.05, 3.63) is 69.5 Å². The van der Waals surface area contributed by atoms with Gasteiger partial charge in [-0.2, -0.15) is 5.10 Å². The van der Waals surface area contributed by atoms with E-state index < -0.39 is 0 Å². The Labute approximate surface area is 197 Å². The predicted octanol–water partition coefficient (Wildman–Crippen LogP) is 3.80. The average molecular weight is 472 g/mol. The number of benzene rings is 2. The molecule has 0 spiro atoms. The number of hydrogen-bond acceptors (Lipinski definition) is 5. The second kappa shape index (κ2) is 10.4. The number of amides is 1. The van der Waals surface area contributed by atoms with Gasteiger partial charge in [0.2, 0.25) is 5.91 Å². The lowest BCUT2D eigenvalue weighted by atomic mass is 10.1. The van der Waals surface area contributed by atoms with Gasteiger partial charge in [-0.25, -0.2) is 0 Å². The molecule has 4 rings (SSSR count). The SMILES string of the molecule is CC1CN(Cc2cccc(CNC(=O)Cn3c(-c4ccc(Cl)cc4)n[nH]c3=S)c2)CCO1. The number of morpholine rings is 1. The molecular formula is C23H26ClN5O2S. The van der Waals surface area contributed by atoms with E-state index in [0.29, 0.717) is 22.2 Å². The van der Waals surface area contributed by atoms with E-state index in [2.05, 4.69) is 39.5 Å². The van der Waals surface area contributed by atoms with Gasteiger partial charge >= 0.3 is 0 Å². The molecule has 0 radical (unpaired) electrons. The van der Waals surface area contributed by atoms with Crippen molar-refractivity contribution in [3.8, 4) is 11.4 Å². The molecule has 2 heterocycles. The molecule has 1 aliphatic rings. The van der Waals surface area contributed by atoms with Crippen LogP contribution in [0, 0.1) is 4.77 Å². The molecule has 3 aromatic rings. The van der Waals surface area contributed by atoms with Crippen LogP contribution in [-0.4, -0.2) is 51.4 Å². The van der Waals surface area contributed by atoms with Crippen LogP contribution in [0.4, 0.5) is 0 Å². The molecule has 1 amide bonds. The van der Waals surface area contributed by atoms with Gasteiger partial charge in [0.15, 0.2) is 10.6 Å². The van der Waals surface area contributed by atoms with Crippen molar-refractivity contribution in [1.82, 2.24) is 25.0 Å². The molecule has 1 aromatic heterocycles. The second-order valence-corrected chi connectivity index (χ2v) is 8.78. The molecular weight excluding hydrogens is 446 g/mol. The average Bonchev–Trinajstić information content (AvgIpc) is 3.13. The zero-order valence-electron chi connectivity index (χ0n) is 17.9. The third-order valence-electron chi connectivity index (χ3n) is 5.37. The molecule has 1 atom stereocenters. The monoisotopic (exact) mass is 471 g/mol. The number of nitrogens with zero attached hydrogens (tertiary/aromatic N) is 3. The first-order valence-electron chi connectivity index (χ1n) is 10.6. The third-order valence-corrected chi connectivity index (χ3v) is 5.94. The Morgan fingerprint density at radius 1 is 1.28 bits per heavy atom. The first-order chi connectivity index (χ1) is 15.5. The van der Waals surface area contributed by atoms with Crippen LogP contribution in [0.15, 0.2) is 48.5 Å². The standard InChI is InChI=1S/C23H26ClN5O2S/c1-16-13-28(9-10-31-16)14-18-4-2-3-17(11-18)12-25-21(30)15-29-22(26-27-23(29)32)19-5-7-20(24)8-6-19/h2-8,11,16H,9-10,12-15H2,1H3,(H,25,30)(H,27,32). The Kier molecular flexibility index (Phi) is 7.36. The Bertz CT molecular complexity index is 1130. The van der Waals surface area contributed by atoms with Gasteiger partial charge in [0.25, 0.3) is 0 Å². The quantitative estimate of drug-likeness (QED) is 0.513. The van der Waals surface area contributed by atoms with Gasteiger partial charge in [0, 0.05) is 36.8 Å². The van der Waals surface area contributed by atoms with Gasteiger partial charge in [0.05, 0.1) is 12.7 Å². The van der Waals surface area contributed by atoms with Gasteiger partial charge in [-0.3, -0.25) is 19.4 Å². The maximum Gasteiger partial charge on any atom is 0.240 e. The molecule has 0 aliphatic carbocycles. The van der Waals surface area contributed by atoms with Crippen molar-refractivity contribution >= 4 is 29.7 Å². The summed E-state index contributed by atoms with van der Waals surface area (Å²) in [6, 6.07) is 15.6. The predicted molar refractivity (Wildman–Crippen MR) is 127 cm³/mol. The molecule has 7 nitrogen and oxygen atoms in total. The Morgan fingerprint density at radius 2 is 2.06 bits per heavy atom. The van der Waals surface area contributed by atoms with Crippen LogP contribution in [0.5, 0.6) is 0 Å². The molecule has 168 valence electrons. The molecule has 32 heavy (non-hydrogen) atoms. The molecule has 9 heteroatoms. The lowest BCUT2D eigenvalue weighted by Crippen LogP contribution is -2.40. The van der Waals surface area contributed by atoms with E-state index in [1.54, 1.807) is 16.7 Å². The number of nitrogens with one attached hydrogen (secondary N) is 2. The minimum Gasteiger partial charge on any atom is -0.376 e. The first kappa shape index (κ1) is 22.7. The maximum absolute atomic E-state index is 12.6. The van der Waals surface area contributed by atoms with Crippen molar-refractivity contribution < 1.29 is 9.53 Å². The van der Waals surface area contributed by atoms with E-state index in [-0.39, 0.29) is 18.6 Å². The van der Waals surface area contributed by atoms with Crippen molar-refractivity contribution in [1.29, 1.82) is 0 Å². The summed E-state index contributed by atoms with van der Waals surface area (Å²) in [5.74, 6) is 0.466. The van der Waals surface area contributed by atoms with Gasteiger partial charge in [0.1, 0.15) is 6.54 Å².